The first kappa shape index (κ1) is 10.3. The minimum atomic E-state index is -3.47. The van der Waals surface area contributed by atoms with Gasteiger partial charge >= 0.3 is 0 Å². The third-order valence-electron chi connectivity index (χ3n) is 3.23. The van der Waals surface area contributed by atoms with E-state index in [1.165, 1.54) is 0 Å². The number of sulfone groups is 1. The van der Waals surface area contributed by atoms with Crippen LogP contribution < -0.4 is 0 Å². The maximum atomic E-state index is 12.2. The van der Waals surface area contributed by atoms with Crippen molar-refractivity contribution in [2.75, 3.05) is 0 Å². The average molecular weight is 240 g/mol. The van der Waals surface area contributed by atoms with Gasteiger partial charge < -0.3 is 9.84 Å². The van der Waals surface area contributed by atoms with Crippen molar-refractivity contribution in [3.63, 3.8) is 0 Å². The van der Waals surface area contributed by atoms with Crippen LogP contribution in [0, 0.1) is 0 Å². The number of ether oxygens (including phenoxy) is 1. The fraction of sp³-hybridized carbons (Fsp3) is 0.455. The highest BCUT2D eigenvalue weighted by Crippen LogP contribution is 2.43. The lowest BCUT2D eigenvalue weighted by Gasteiger charge is -2.17. The second kappa shape index (κ2) is 3.29. The zero-order valence-corrected chi connectivity index (χ0v) is 9.30. The van der Waals surface area contributed by atoms with Crippen LogP contribution in [0.5, 0.6) is 0 Å². The van der Waals surface area contributed by atoms with Gasteiger partial charge in [0.1, 0.15) is 11.4 Å². The Morgan fingerprint density at radius 3 is 2.50 bits per heavy atom. The van der Waals surface area contributed by atoms with Crippen LogP contribution in [0.2, 0.25) is 0 Å². The molecule has 0 radical (unpaired) electrons. The summed E-state index contributed by atoms with van der Waals surface area (Å²) in [5.41, 5.74) is 0. The van der Waals surface area contributed by atoms with Gasteiger partial charge in [-0.05, 0) is 12.1 Å². The summed E-state index contributed by atoms with van der Waals surface area (Å²) in [6.45, 7) is 0. The van der Waals surface area contributed by atoms with Gasteiger partial charge in [-0.3, -0.25) is 0 Å². The van der Waals surface area contributed by atoms with Crippen molar-refractivity contribution in [1.82, 2.24) is 0 Å². The largest absolute Gasteiger partial charge is 0.392 e. The summed E-state index contributed by atoms with van der Waals surface area (Å²) in [7, 11) is -3.47. The fourth-order valence-corrected chi connectivity index (χ4v) is 4.34. The lowest BCUT2D eigenvalue weighted by Crippen LogP contribution is -2.34. The number of epoxide rings is 1. The molecule has 4 atom stereocenters. The third kappa shape index (κ3) is 1.39. The predicted molar refractivity (Wildman–Crippen MR) is 56.7 cm³/mol. The van der Waals surface area contributed by atoms with Crippen LogP contribution in [0.1, 0.15) is 6.42 Å². The minimum Gasteiger partial charge on any atom is -0.392 e. The summed E-state index contributed by atoms with van der Waals surface area (Å²) in [6.07, 6.45) is -0.728. The van der Waals surface area contributed by atoms with E-state index in [1.54, 1.807) is 30.3 Å². The van der Waals surface area contributed by atoms with Crippen molar-refractivity contribution in [3.05, 3.63) is 30.3 Å². The van der Waals surface area contributed by atoms with Crippen molar-refractivity contribution in [2.24, 2.45) is 0 Å². The average Bonchev–Trinajstić information content (AvgIpc) is 2.91. The summed E-state index contributed by atoms with van der Waals surface area (Å²) in [4.78, 5) is 0.259. The van der Waals surface area contributed by atoms with Gasteiger partial charge in [0, 0.05) is 6.42 Å². The van der Waals surface area contributed by atoms with Gasteiger partial charge in [-0.2, -0.15) is 0 Å². The quantitative estimate of drug-likeness (QED) is 0.758. The standard InChI is InChI=1S/C11H12O4S/c12-8-6-9-10(15-9)11(8)16(13,14)7-4-2-1-3-5-7/h1-5,8-12H,6H2/t8-,9+,10-,11-/m0/s1. The van der Waals surface area contributed by atoms with E-state index in [4.69, 9.17) is 4.74 Å². The van der Waals surface area contributed by atoms with Gasteiger partial charge in [0.05, 0.1) is 17.1 Å². The third-order valence-corrected chi connectivity index (χ3v) is 5.46. The van der Waals surface area contributed by atoms with E-state index in [1.807, 2.05) is 0 Å². The van der Waals surface area contributed by atoms with E-state index in [0.717, 1.165) is 0 Å². The molecule has 1 N–H and O–H groups in total. The smallest absolute Gasteiger partial charge is 0.186 e. The molecule has 0 unspecified atom stereocenters. The number of hydrogen-bond donors (Lipinski definition) is 1. The number of hydrogen-bond acceptors (Lipinski definition) is 4. The lowest BCUT2D eigenvalue weighted by atomic mass is 10.3. The lowest BCUT2D eigenvalue weighted by molar-refractivity contribution is 0.132. The number of benzene rings is 1. The Kier molecular flexibility index (Phi) is 2.11. The van der Waals surface area contributed by atoms with E-state index in [2.05, 4.69) is 0 Å². The Hall–Kier alpha value is -0.910. The molecule has 3 rings (SSSR count). The first-order chi connectivity index (χ1) is 7.60. The summed E-state index contributed by atoms with van der Waals surface area (Å²) >= 11 is 0. The van der Waals surface area contributed by atoms with Gasteiger partial charge in [0.25, 0.3) is 0 Å². The van der Waals surface area contributed by atoms with Crippen LogP contribution in [0.4, 0.5) is 0 Å². The van der Waals surface area contributed by atoms with Crippen LogP contribution in [-0.4, -0.2) is 37.1 Å². The van der Waals surface area contributed by atoms with E-state index in [9.17, 15) is 13.5 Å². The Balaban J connectivity index is 2.00. The molecule has 5 heteroatoms. The maximum Gasteiger partial charge on any atom is 0.186 e. The van der Waals surface area contributed by atoms with Crippen molar-refractivity contribution in [1.29, 1.82) is 0 Å². The van der Waals surface area contributed by atoms with E-state index in [-0.39, 0.29) is 17.1 Å². The Bertz CT molecular complexity index is 494. The normalized spacial score (nSPS) is 37.1. The summed E-state index contributed by atoms with van der Waals surface area (Å²) in [5.74, 6) is 0. The highest BCUT2D eigenvalue weighted by Gasteiger charge is 2.60. The number of aliphatic hydroxyl groups excluding tert-OH is 1. The Morgan fingerprint density at radius 2 is 1.94 bits per heavy atom. The zero-order chi connectivity index (χ0) is 11.3. The highest BCUT2D eigenvalue weighted by molar-refractivity contribution is 7.92. The summed E-state index contributed by atoms with van der Waals surface area (Å²) < 4.78 is 29.7. The topological polar surface area (TPSA) is 66.9 Å². The van der Waals surface area contributed by atoms with E-state index >= 15 is 0 Å². The number of fused-ring (bicyclic) bond motifs is 1. The van der Waals surface area contributed by atoms with Crippen molar-refractivity contribution in [2.45, 2.75) is 34.9 Å². The monoisotopic (exact) mass is 240 g/mol. The van der Waals surface area contributed by atoms with Crippen LogP contribution >= 0.6 is 0 Å². The summed E-state index contributed by atoms with van der Waals surface area (Å²) in [5, 5.41) is 8.94. The molecule has 1 aromatic rings. The fourth-order valence-electron chi connectivity index (χ4n) is 2.38. The Morgan fingerprint density at radius 1 is 1.25 bits per heavy atom. The highest BCUT2D eigenvalue weighted by atomic mass is 32.2. The molecule has 2 aliphatic rings. The minimum absolute atomic E-state index is 0.0570. The van der Waals surface area contributed by atoms with Gasteiger partial charge in [-0.1, -0.05) is 18.2 Å². The molecular weight excluding hydrogens is 228 g/mol. The van der Waals surface area contributed by atoms with Gasteiger partial charge in [0.2, 0.25) is 0 Å². The molecule has 0 spiro atoms. The molecular formula is C11H12O4S. The molecule has 0 aromatic heterocycles. The molecule has 86 valence electrons. The SMILES string of the molecule is O=S(=O)(c1ccccc1)[C@@H]1[C@H]2O[C@@H]2C[C@@H]1O. The molecule has 2 fully saturated rings. The molecule has 4 nitrogen and oxygen atoms in total. The first-order valence-corrected chi connectivity index (χ1v) is 6.78. The second-order valence-corrected chi connectivity index (χ2v) is 6.37. The molecule has 1 saturated carbocycles. The van der Waals surface area contributed by atoms with E-state index in [0.29, 0.717) is 6.42 Å². The van der Waals surface area contributed by atoms with Gasteiger partial charge in [0.15, 0.2) is 9.84 Å². The van der Waals surface area contributed by atoms with Crippen LogP contribution in [0.15, 0.2) is 35.2 Å². The van der Waals surface area contributed by atoms with Crippen molar-refractivity contribution >= 4 is 9.84 Å². The second-order valence-electron chi connectivity index (χ2n) is 4.26. The van der Waals surface area contributed by atoms with Gasteiger partial charge in [-0.25, -0.2) is 8.42 Å². The van der Waals surface area contributed by atoms with Gasteiger partial charge in [-0.15, -0.1) is 0 Å². The van der Waals surface area contributed by atoms with Crippen LogP contribution in [0.25, 0.3) is 0 Å². The van der Waals surface area contributed by atoms with Crippen LogP contribution in [-0.2, 0) is 14.6 Å². The predicted octanol–water partition coefficient (Wildman–Crippen LogP) is 0.361. The number of rotatable bonds is 2. The van der Waals surface area contributed by atoms with E-state index < -0.39 is 21.2 Å². The molecule has 1 aliphatic carbocycles. The van der Waals surface area contributed by atoms with Crippen molar-refractivity contribution in [3.8, 4) is 0 Å². The number of aliphatic hydroxyl groups is 1. The molecule has 1 saturated heterocycles. The molecule has 0 amide bonds. The molecule has 1 aliphatic heterocycles. The Labute approximate surface area is 93.8 Å². The molecule has 1 heterocycles. The molecule has 1 aromatic carbocycles. The zero-order valence-electron chi connectivity index (χ0n) is 8.48. The van der Waals surface area contributed by atoms with Crippen molar-refractivity contribution < 1.29 is 18.3 Å². The maximum absolute atomic E-state index is 12.2. The summed E-state index contributed by atoms with van der Waals surface area (Å²) in [6, 6.07) is 8.23. The van der Waals surface area contributed by atoms with Crippen LogP contribution in [0.3, 0.4) is 0 Å². The first-order valence-electron chi connectivity index (χ1n) is 5.23. The molecule has 0 bridgehead atoms. The molecule has 16 heavy (non-hydrogen) atoms.